The van der Waals surface area contributed by atoms with Gasteiger partial charge in [0.2, 0.25) is 5.94 Å². The van der Waals surface area contributed by atoms with Crippen LogP contribution in [-0.2, 0) is 10.0 Å². The lowest BCUT2D eigenvalue weighted by molar-refractivity contribution is 0.369. The van der Waals surface area contributed by atoms with Crippen LogP contribution in [0.25, 0.3) is 0 Å². The second-order valence-corrected chi connectivity index (χ2v) is 5.21. The van der Waals surface area contributed by atoms with Gasteiger partial charge >= 0.3 is 0 Å². The van der Waals surface area contributed by atoms with Crippen molar-refractivity contribution >= 4 is 15.7 Å². The molecule has 1 heterocycles. The van der Waals surface area contributed by atoms with E-state index in [4.69, 9.17) is 4.74 Å². The van der Waals surface area contributed by atoms with Crippen LogP contribution < -0.4 is 9.04 Å². The summed E-state index contributed by atoms with van der Waals surface area (Å²) >= 11 is 0. The number of rotatable bonds is 0. The summed E-state index contributed by atoms with van der Waals surface area (Å²) < 4.78 is 29.4. The monoisotopic (exact) mass is 213 g/mol. The molecule has 0 fully saturated rings. The van der Waals surface area contributed by atoms with Crippen molar-refractivity contribution in [2.75, 3.05) is 17.3 Å². The van der Waals surface area contributed by atoms with Crippen LogP contribution in [0.15, 0.2) is 18.2 Å². The molecule has 1 aromatic rings. The minimum absolute atomic E-state index is 0.278. The summed E-state index contributed by atoms with van der Waals surface area (Å²) in [5.74, 6) is 0.349. The molecule has 0 atom stereocenters. The Morgan fingerprint density at radius 2 is 2.14 bits per heavy atom. The summed E-state index contributed by atoms with van der Waals surface area (Å²) in [5, 5.41) is 0. The van der Waals surface area contributed by atoms with E-state index in [-0.39, 0.29) is 5.94 Å². The van der Waals surface area contributed by atoms with Crippen molar-refractivity contribution in [2.24, 2.45) is 0 Å². The second kappa shape index (κ2) is 2.88. The lowest BCUT2D eigenvalue weighted by Crippen LogP contribution is -2.35. The first-order chi connectivity index (χ1) is 6.52. The highest BCUT2D eigenvalue weighted by atomic mass is 32.2. The Hall–Kier alpha value is -1.23. The molecule has 0 amide bonds. The standard InChI is InChI=1S/C9H11NO3S/c1-7-4-3-5-8-9(7)10(2)14(11,12)6-13-8/h3-5H,6H2,1-2H3. The van der Waals surface area contributed by atoms with Crippen molar-refractivity contribution in [1.82, 2.24) is 0 Å². The lowest BCUT2D eigenvalue weighted by Gasteiger charge is -2.28. The van der Waals surface area contributed by atoms with Crippen molar-refractivity contribution in [3.05, 3.63) is 23.8 Å². The summed E-state index contributed by atoms with van der Waals surface area (Å²) in [7, 11) is -1.74. The third-order valence-electron chi connectivity index (χ3n) is 2.30. The van der Waals surface area contributed by atoms with Crippen molar-refractivity contribution in [3.63, 3.8) is 0 Å². The molecule has 1 aliphatic rings. The number of hydrogen-bond donors (Lipinski definition) is 0. The molecule has 76 valence electrons. The third kappa shape index (κ3) is 1.24. The number of hydrogen-bond acceptors (Lipinski definition) is 3. The fourth-order valence-electron chi connectivity index (χ4n) is 1.51. The molecule has 0 spiro atoms. The van der Waals surface area contributed by atoms with Gasteiger partial charge in [-0.2, -0.15) is 0 Å². The van der Waals surface area contributed by atoms with Crippen molar-refractivity contribution < 1.29 is 13.2 Å². The minimum atomic E-state index is -3.29. The van der Waals surface area contributed by atoms with E-state index in [9.17, 15) is 8.42 Å². The normalized spacial score (nSPS) is 18.6. The SMILES string of the molecule is Cc1cccc2c1N(C)S(=O)(=O)CO2. The maximum Gasteiger partial charge on any atom is 0.270 e. The maximum absolute atomic E-state index is 11.5. The van der Waals surface area contributed by atoms with Crippen LogP contribution >= 0.6 is 0 Å². The summed E-state index contributed by atoms with van der Waals surface area (Å²) in [4.78, 5) is 0. The second-order valence-electron chi connectivity index (χ2n) is 3.26. The minimum Gasteiger partial charge on any atom is -0.474 e. The fraction of sp³-hybridized carbons (Fsp3) is 0.333. The zero-order valence-corrected chi connectivity index (χ0v) is 8.84. The van der Waals surface area contributed by atoms with Crippen LogP contribution in [0.5, 0.6) is 5.75 Å². The summed E-state index contributed by atoms with van der Waals surface area (Å²) in [6, 6.07) is 5.48. The number of anilines is 1. The molecule has 0 saturated carbocycles. The third-order valence-corrected chi connectivity index (χ3v) is 3.73. The van der Waals surface area contributed by atoms with Gasteiger partial charge in [-0.25, -0.2) is 8.42 Å². The first-order valence-corrected chi connectivity index (χ1v) is 5.82. The molecular formula is C9H11NO3S. The van der Waals surface area contributed by atoms with E-state index in [0.717, 1.165) is 5.56 Å². The molecule has 1 aliphatic heterocycles. The van der Waals surface area contributed by atoms with Crippen LogP contribution in [0.3, 0.4) is 0 Å². The lowest BCUT2D eigenvalue weighted by atomic mass is 10.2. The van der Waals surface area contributed by atoms with Crippen LogP contribution in [0.4, 0.5) is 5.69 Å². The number of sulfonamides is 1. The fourth-order valence-corrected chi connectivity index (χ4v) is 2.45. The van der Waals surface area contributed by atoms with E-state index in [1.807, 2.05) is 19.1 Å². The van der Waals surface area contributed by atoms with Crippen LogP contribution in [-0.4, -0.2) is 21.4 Å². The van der Waals surface area contributed by atoms with Crippen molar-refractivity contribution in [2.45, 2.75) is 6.92 Å². The van der Waals surface area contributed by atoms with Gasteiger partial charge in [0.1, 0.15) is 5.75 Å². The number of fused-ring (bicyclic) bond motifs is 1. The number of benzene rings is 1. The van der Waals surface area contributed by atoms with Gasteiger partial charge < -0.3 is 4.74 Å². The molecule has 0 radical (unpaired) electrons. The zero-order valence-electron chi connectivity index (χ0n) is 8.02. The Labute approximate surface area is 83.2 Å². The van der Waals surface area contributed by atoms with Gasteiger partial charge in [0.25, 0.3) is 10.0 Å². The molecule has 2 rings (SSSR count). The topological polar surface area (TPSA) is 46.6 Å². The average Bonchev–Trinajstić information content (AvgIpc) is 2.12. The van der Waals surface area contributed by atoms with Gasteiger partial charge in [-0.05, 0) is 18.6 Å². The predicted octanol–water partition coefficient (Wildman–Crippen LogP) is 1.11. The highest BCUT2D eigenvalue weighted by molar-refractivity contribution is 7.92. The Bertz CT molecular complexity index is 467. The molecule has 0 saturated heterocycles. The molecule has 0 aromatic heterocycles. The van der Waals surface area contributed by atoms with Gasteiger partial charge in [0.05, 0.1) is 5.69 Å². The molecule has 5 heteroatoms. The average molecular weight is 213 g/mol. The largest absolute Gasteiger partial charge is 0.474 e. The summed E-state index contributed by atoms with van der Waals surface area (Å²) in [6.45, 7) is 1.86. The van der Waals surface area contributed by atoms with E-state index in [2.05, 4.69) is 0 Å². The molecule has 0 bridgehead atoms. The Balaban J connectivity index is 2.65. The Kier molecular flexibility index (Phi) is 1.92. The van der Waals surface area contributed by atoms with Crippen LogP contribution in [0.1, 0.15) is 5.56 Å². The van der Waals surface area contributed by atoms with E-state index < -0.39 is 10.0 Å². The number of nitrogens with zero attached hydrogens (tertiary/aromatic N) is 1. The van der Waals surface area contributed by atoms with E-state index >= 15 is 0 Å². The molecule has 0 unspecified atom stereocenters. The van der Waals surface area contributed by atoms with E-state index in [1.54, 1.807) is 13.1 Å². The van der Waals surface area contributed by atoms with Gasteiger partial charge in [-0.1, -0.05) is 12.1 Å². The predicted molar refractivity (Wildman–Crippen MR) is 54.0 cm³/mol. The van der Waals surface area contributed by atoms with Gasteiger partial charge in [-0.15, -0.1) is 0 Å². The van der Waals surface area contributed by atoms with Gasteiger partial charge in [0, 0.05) is 7.05 Å². The zero-order chi connectivity index (χ0) is 10.3. The van der Waals surface area contributed by atoms with Gasteiger partial charge in [-0.3, -0.25) is 4.31 Å². The molecule has 1 aromatic carbocycles. The van der Waals surface area contributed by atoms with Crippen LogP contribution in [0, 0.1) is 6.92 Å². The number of ether oxygens (including phenoxy) is 1. The highest BCUT2D eigenvalue weighted by Gasteiger charge is 2.28. The smallest absolute Gasteiger partial charge is 0.270 e. The first kappa shape index (κ1) is 9.33. The van der Waals surface area contributed by atoms with Crippen molar-refractivity contribution in [1.29, 1.82) is 0 Å². The summed E-state index contributed by atoms with van der Waals surface area (Å²) in [6.07, 6.45) is 0. The highest BCUT2D eigenvalue weighted by Crippen LogP contribution is 2.36. The van der Waals surface area contributed by atoms with Crippen molar-refractivity contribution in [3.8, 4) is 5.75 Å². The van der Waals surface area contributed by atoms with E-state index in [1.165, 1.54) is 4.31 Å². The van der Waals surface area contributed by atoms with Gasteiger partial charge in [0.15, 0.2) is 0 Å². The molecule has 14 heavy (non-hydrogen) atoms. The molecule has 0 aliphatic carbocycles. The first-order valence-electron chi connectivity index (χ1n) is 4.21. The molecule has 0 N–H and O–H groups in total. The Morgan fingerprint density at radius 1 is 1.43 bits per heavy atom. The summed E-state index contributed by atoms with van der Waals surface area (Å²) in [5.41, 5.74) is 1.53. The maximum atomic E-state index is 11.5. The quantitative estimate of drug-likeness (QED) is 0.648. The molecule has 4 nitrogen and oxygen atoms in total. The Morgan fingerprint density at radius 3 is 2.86 bits per heavy atom. The van der Waals surface area contributed by atoms with E-state index in [0.29, 0.717) is 11.4 Å². The number of para-hydroxylation sites is 1. The van der Waals surface area contributed by atoms with Crippen LogP contribution in [0.2, 0.25) is 0 Å². The number of aryl methyl sites for hydroxylation is 1. The molecular weight excluding hydrogens is 202 g/mol.